The molecule has 2 N–H and O–H groups in total. The van der Waals surface area contributed by atoms with Gasteiger partial charge in [-0.25, -0.2) is 4.98 Å². The minimum absolute atomic E-state index is 0. The van der Waals surface area contributed by atoms with Crippen molar-refractivity contribution in [2.24, 2.45) is 0 Å². The standard InChI is InChI=1S/C13H17N3S.CH4/c1-3-16-9-15-10(2)13(16)8-17-12-6-4-11(14)5-7-12;/h4-7,9H,3,8,14H2,1-2H3;1H4. The molecule has 0 fully saturated rings. The maximum atomic E-state index is 5.66. The normalized spacial score (nSPS) is 10.1. The van der Waals surface area contributed by atoms with Gasteiger partial charge in [-0.2, -0.15) is 0 Å². The van der Waals surface area contributed by atoms with Crippen LogP contribution in [0.3, 0.4) is 0 Å². The number of aryl methyl sites for hydroxylation is 2. The number of nitrogen functional groups attached to an aromatic ring is 1. The zero-order chi connectivity index (χ0) is 12.3. The molecule has 0 atom stereocenters. The van der Waals surface area contributed by atoms with Gasteiger partial charge in [-0.15, -0.1) is 11.8 Å². The van der Waals surface area contributed by atoms with E-state index in [-0.39, 0.29) is 7.43 Å². The van der Waals surface area contributed by atoms with Crippen LogP contribution in [0.4, 0.5) is 5.69 Å². The number of benzene rings is 1. The summed E-state index contributed by atoms with van der Waals surface area (Å²) < 4.78 is 2.19. The van der Waals surface area contributed by atoms with Crippen LogP contribution in [0.1, 0.15) is 25.7 Å². The number of nitrogens with zero attached hydrogens (tertiary/aromatic N) is 2. The molecule has 0 aliphatic carbocycles. The van der Waals surface area contributed by atoms with E-state index in [4.69, 9.17) is 5.73 Å². The van der Waals surface area contributed by atoms with Gasteiger partial charge < -0.3 is 10.3 Å². The molecule has 98 valence electrons. The second-order valence-corrected chi connectivity index (χ2v) is 4.97. The molecule has 0 saturated heterocycles. The van der Waals surface area contributed by atoms with Crippen LogP contribution in [0.25, 0.3) is 0 Å². The predicted octanol–water partition coefficient (Wildman–Crippen LogP) is 3.72. The Morgan fingerprint density at radius 3 is 2.56 bits per heavy atom. The average molecular weight is 263 g/mol. The second-order valence-electron chi connectivity index (χ2n) is 3.92. The summed E-state index contributed by atoms with van der Waals surface area (Å²) in [5, 5.41) is 0. The lowest BCUT2D eigenvalue weighted by molar-refractivity contribution is 0.732. The Balaban J connectivity index is 0.00000162. The van der Waals surface area contributed by atoms with Crippen LogP contribution < -0.4 is 5.73 Å². The first kappa shape index (κ1) is 14.6. The van der Waals surface area contributed by atoms with E-state index in [1.807, 2.05) is 30.2 Å². The largest absolute Gasteiger partial charge is 0.399 e. The first-order valence-electron chi connectivity index (χ1n) is 5.69. The van der Waals surface area contributed by atoms with Crippen LogP contribution in [0, 0.1) is 6.92 Å². The van der Waals surface area contributed by atoms with Crippen LogP contribution in [0.2, 0.25) is 0 Å². The van der Waals surface area contributed by atoms with Gasteiger partial charge in [0.05, 0.1) is 17.7 Å². The Kier molecular flexibility index (Phi) is 5.28. The van der Waals surface area contributed by atoms with Crippen LogP contribution >= 0.6 is 11.8 Å². The van der Waals surface area contributed by atoms with Crippen LogP contribution in [0.5, 0.6) is 0 Å². The van der Waals surface area contributed by atoms with Crippen molar-refractivity contribution in [2.75, 3.05) is 5.73 Å². The van der Waals surface area contributed by atoms with Crippen LogP contribution in [-0.4, -0.2) is 9.55 Å². The molecule has 1 heterocycles. The number of nitrogens with two attached hydrogens (primary N) is 1. The van der Waals surface area contributed by atoms with Gasteiger partial charge in [0.2, 0.25) is 0 Å². The number of rotatable bonds is 4. The molecule has 0 spiro atoms. The smallest absolute Gasteiger partial charge is 0.0951 e. The third-order valence-corrected chi connectivity index (χ3v) is 3.77. The molecule has 0 aliphatic rings. The Labute approximate surface area is 113 Å². The highest BCUT2D eigenvalue weighted by atomic mass is 32.2. The minimum Gasteiger partial charge on any atom is -0.399 e. The first-order chi connectivity index (χ1) is 8.20. The molecule has 0 amide bonds. The maximum Gasteiger partial charge on any atom is 0.0951 e. The fourth-order valence-electron chi connectivity index (χ4n) is 1.68. The van der Waals surface area contributed by atoms with Crippen molar-refractivity contribution in [2.45, 2.75) is 38.5 Å². The zero-order valence-electron chi connectivity index (χ0n) is 10.2. The lowest BCUT2D eigenvalue weighted by Crippen LogP contribution is -1.98. The first-order valence-corrected chi connectivity index (χ1v) is 6.68. The van der Waals surface area contributed by atoms with Crippen molar-refractivity contribution in [3.8, 4) is 0 Å². The van der Waals surface area contributed by atoms with E-state index in [0.717, 1.165) is 23.7 Å². The van der Waals surface area contributed by atoms with Crippen molar-refractivity contribution in [1.82, 2.24) is 9.55 Å². The van der Waals surface area contributed by atoms with Gasteiger partial charge in [0.25, 0.3) is 0 Å². The number of anilines is 1. The lowest BCUT2D eigenvalue weighted by Gasteiger charge is -2.06. The molecule has 0 unspecified atom stereocenters. The summed E-state index contributed by atoms with van der Waals surface area (Å²) in [5.74, 6) is 0.948. The van der Waals surface area contributed by atoms with Gasteiger partial charge in [0, 0.05) is 22.9 Å². The fourth-order valence-corrected chi connectivity index (χ4v) is 2.69. The molecule has 0 aliphatic heterocycles. The number of imidazole rings is 1. The van der Waals surface area contributed by atoms with E-state index in [2.05, 4.69) is 35.5 Å². The third kappa shape index (κ3) is 3.29. The Morgan fingerprint density at radius 1 is 1.28 bits per heavy atom. The summed E-state index contributed by atoms with van der Waals surface area (Å²) in [7, 11) is 0. The summed E-state index contributed by atoms with van der Waals surface area (Å²) in [4.78, 5) is 5.58. The van der Waals surface area contributed by atoms with Gasteiger partial charge in [0.15, 0.2) is 0 Å². The van der Waals surface area contributed by atoms with Gasteiger partial charge in [-0.1, -0.05) is 7.43 Å². The van der Waals surface area contributed by atoms with Gasteiger partial charge in [-0.3, -0.25) is 0 Å². The summed E-state index contributed by atoms with van der Waals surface area (Å²) in [6.45, 7) is 5.17. The minimum atomic E-state index is 0. The molecule has 4 heteroatoms. The van der Waals surface area contributed by atoms with E-state index >= 15 is 0 Å². The monoisotopic (exact) mass is 263 g/mol. The molecular formula is C14H21N3S. The van der Waals surface area contributed by atoms with Crippen molar-refractivity contribution >= 4 is 17.4 Å². The van der Waals surface area contributed by atoms with Gasteiger partial charge >= 0.3 is 0 Å². The zero-order valence-corrected chi connectivity index (χ0v) is 11.0. The quantitative estimate of drug-likeness (QED) is 0.675. The van der Waals surface area contributed by atoms with Crippen molar-refractivity contribution in [3.63, 3.8) is 0 Å². The van der Waals surface area contributed by atoms with E-state index in [1.54, 1.807) is 0 Å². The van der Waals surface area contributed by atoms with Crippen LogP contribution in [0.15, 0.2) is 35.5 Å². The lowest BCUT2D eigenvalue weighted by atomic mass is 10.3. The van der Waals surface area contributed by atoms with E-state index in [1.165, 1.54) is 10.6 Å². The molecule has 0 radical (unpaired) electrons. The fraction of sp³-hybridized carbons (Fsp3) is 0.357. The highest BCUT2D eigenvalue weighted by molar-refractivity contribution is 7.98. The molecule has 18 heavy (non-hydrogen) atoms. The molecule has 0 saturated carbocycles. The molecule has 1 aromatic carbocycles. The molecule has 0 bridgehead atoms. The Morgan fingerprint density at radius 2 is 1.94 bits per heavy atom. The van der Waals surface area contributed by atoms with Gasteiger partial charge in [0.1, 0.15) is 0 Å². The number of hydrogen-bond acceptors (Lipinski definition) is 3. The Bertz CT molecular complexity index is 488. The van der Waals surface area contributed by atoms with E-state index in [0.29, 0.717) is 0 Å². The topological polar surface area (TPSA) is 43.8 Å². The predicted molar refractivity (Wildman–Crippen MR) is 79.8 cm³/mol. The number of thioether (sulfide) groups is 1. The third-order valence-electron chi connectivity index (χ3n) is 2.75. The van der Waals surface area contributed by atoms with E-state index in [9.17, 15) is 0 Å². The second kappa shape index (κ2) is 6.50. The molecule has 2 aromatic rings. The summed E-state index contributed by atoms with van der Waals surface area (Å²) in [5.41, 5.74) is 8.89. The van der Waals surface area contributed by atoms with Crippen LogP contribution in [-0.2, 0) is 12.3 Å². The molecule has 2 rings (SSSR count). The van der Waals surface area contributed by atoms with E-state index < -0.39 is 0 Å². The van der Waals surface area contributed by atoms with Crippen molar-refractivity contribution in [1.29, 1.82) is 0 Å². The average Bonchev–Trinajstić information content (AvgIpc) is 2.69. The SMILES string of the molecule is C.CCn1cnc(C)c1CSc1ccc(N)cc1. The summed E-state index contributed by atoms with van der Waals surface area (Å²) in [6.07, 6.45) is 1.91. The van der Waals surface area contributed by atoms with Crippen molar-refractivity contribution in [3.05, 3.63) is 42.0 Å². The number of hydrogen-bond donors (Lipinski definition) is 1. The highest BCUT2D eigenvalue weighted by Gasteiger charge is 2.06. The summed E-state index contributed by atoms with van der Waals surface area (Å²) >= 11 is 1.81. The Hall–Kier alpha value is -1.42. The highest BCUT2D eigenvalue weighted by Crippen LogP contribution is 2.24. The van der Waals surface area contributed by atoms with Gasteiger partial charge in [-0.05, 0) is 38.1 Å². The molecular weight excluding hydrogens is 242 g/mol. The summed E-state index contributed by atoms with van der Waals surface area (Å²) in [6, 6.07) is 7.99. The molecule has 3 nitrogen and oxygen atoms in total. The van der Waals surface area contributed by atoms with Crippen molar-refractivity contribution < 1.29 is 0 Å². The molecule has 1 aromatic heterocycles. The maximum absolute atomic E-state index is 5.66. The number of aromatic nitrogens is 2.